The van der Waals surface area contributed by atoms with Crippen LogP contribution in [-0.2, 0) is 19.1 Å². The zero-order chi connectivity index (χ0) is 22.6. The van der Waals surface area contributed by atoms with Crippen molar-refractivity contribution < 1.29 is 23.9 Å². The van der Waals surface area contributed by atoms with Gasteiger partial charge in [0.25, 0.3) is 5.91 Å². The van der Waals surface area contributed by atoms with Crippen LogP contribution in [0.25, 0.3) is 0 Å². The lowest BCUT2D eigenvalue weighted by molar-refractivity contribution is -0.139. The number of aryl methyl sites for hydroxylation is 1. The number of amides is 3. The van der Waals surface area contributed by atoms with Crippen molar-refractivity contribution in [1.29, 1.82) is 0 Å². The molecule has 0 heterocycles. The molecule has 0 spiro atoms. The highest BCUT2D eigenvalue weighted by Gasteiger charge is 2.11. The molecule has 2 rings (SSSR count). The largest absolute Gasteiger partial charge is 0.484 e. The van der Waals surface area contributed by atoms with Gasteiger partial charge in [-0.1, -0.05) is 15.9 Å². The van der Waals surface area contributed by atoms with Crippen molar-refractivity contribution >= 4 is 45.6 Å². The van der Waals surface area contributed by atoms with Crippen LogP contribution in [0.2, 0.25) is 0 Å². The third-order valence-electron chi connectivity index (χ3n) is 3.87. The second kappa shape index (κ2) is 12.5. The van der Waals surface area contributed by atoms with E-state index in [0.29, 0.717) is 23.6 Å². The SMILES string of the molecule is COCCNC(=O)C(=O)N/N=C\c1ccc(OCC(=O)Nc2ccc(Br)c(C)c2)cc1. The number of hydrogen-bond acceptors (Lipinski definition) is 6. The van der Waals surface area contributed by atoms with E-state index >= 15 is 0 Å². The third kappa shape index (κ3) is 8.57. The topological polar surface area (TPSA) is 118 Å². The lowest BCUT2D eigenvalue weighted by atomic mass is 10.2. The lowest BCUT2D eigenvalue weighted by Gasteiger charge is -2.09. The number of methoxy groups -OCH3 is 1. The maximum atomic E-state index is 12.0. The molecular formula is C21H23BrN4O5. The molecule has 0 aromatic heterocycles. The van der Waals surface area contributed by atoms with E-state index in [0.717, 1.165) is 10.0 Å². The molecule has 3 N–H and O–H groups in total. The normalized spacial score (nSPS) is 10.5. The van der Waals surface area contributed by atoms with Crippen LogP contribution in [0.5, 0.6) is 5.75 Å². The predicted octanol–water partition coefficient (Wildman–Crippen LogP) is 1.99. The molecule has 0 radical (unpaired) electrons. The maximum Gasteiger partial charge on any atom is 0.329 e. The fraction of sp³-hybridized carbons (Fsp3) is 0.238. The summed E-state index contributed by atoms with van der Waals surface area (Å²) in [6, 6.07) is 12.2. The standard InChI is InChI=1S/C21H23BrN4O5/c1-14-11-16(5-8-18(14)22)25-19(27)13-31-17-6-3-15(4-7-17)12-24-26-21(29)20(28)23-9-10-30-2/h3-8,11-12H,9-10,13H2,1-2H3,(H,23,28)(H,25,27)(H,26,29)/b24-12-. The van der Waals surface area contributed by atoms with Gasteiger partial charge in [-0.25, -0.2) is 5.43 Å². The van der Waals surface area contributed by atoms with Crippen LogP contribution in [0.15, 0.2) is 52.0 Å². The van der Waals surface area contributed by atoms with Gasteiger partial charge in [-0.2, -0.15) is 5.10 Å². The minimum absolute atomic E-state index is 0.142. The summed E-state index contributed by atoms with van der Waals surface area (Å²) in [5.41, 5.74) is 4.51. The van der Waals surface area contributed by atoms with Gasteiger partial charge >= 0.3 is 11.8 Å². The second-order valence-corrected chi connectivity index (χ2v) is 7.17. The molecule has 2 aromatic carbocycles. The quantitative estimate of drug-likeness (QED) is 0.215. The molecule has 0 aliphatic heterocycles. The monoisotopic (exact) mass is 490 g/mol. The summed E-state index contributed by atoms with van der Waals surface area (Å²) < 4.78 is 11.2. The van der Waals surface area contributed by atoms with E-state index in [2.05, 4.69) is 37.1 Å². The van der Waals surface area contributed by atoms with E-state index in [1.807, 2.05) is 19.1 Å². The van der Waals surface area contributed by atoms with Gasteiger partial charge in [0.1, 0.15) is 5.75 Å². The first-order valence-electron chi connectivity index (χ1n) is 9.28. The van der Waals surface area contributed by atoms with Crippen LogP contribution >= 0.6 is 15.9 Å². The highest BCUT2D eigenvalue weighted by atomic mass is 79.9. The average molecular weight is 491 g/mol. The fourth-order valence-corrected chi connectivity index (χ4v) is 2.53. The van der Waals surface area contributed by atoms with E-state index in [1.54, 1.807) is 30.3 Å². The van der Waals surface area contributed by atoms with Crippen molar-refractivity contribution in [2.24, 2.45) is 5.10 Å². The van der Waals surface area contributed by atoms with Gasteiger partial charge in [0.05, 0.1) is 12.8 Å². The number of hydrogen-bond donors (Lipinski definition) is 3. The van der Waals surface area contributed by atoms with Crippen molar-refractivity contribution in [2.75, 3.05) is 32.2 Å². The summed E-state index contributed by atoms with van der Waals surface area (Å²) in [6.07, 6.45) is 1.38. The number of benzene rings is 2. The number of ether oxygens (including phenoxy) is 2. The summed E-state index contributed by atoms with van der Waals surface area (Å²) in [6.45, 7) is 2.33. The van der Waals surface area contributed by atoms with Crippen molar-refractivity contribution in [2.45, 2.75) is 6.92 Å². The molecule has 10 heteroatoms. The van der Waals surface area contributed by atoms with Gasteiger partial charge in [0.15, 0.2) is 6.61 Å². The summed E-state index contributed by atoms with van der Waals surface area (Å²) >= 11 is 3.41. The van der Waals surface area contributed by atoms with E-state index in [9.17, 15) is 14.4 Å². The van der Waals surface area contributed by atoms with E-state index < -0.39 is 11.8 Å². The van der Waals surface area contributed by atoms with Gasteiger partial charge in [-0.05, 0) is 60.5 Å². The molecule has 0 fully saturated rings. The van der Waals surface area contributed by atoms with Gasteiger partial charge < -0.3 is 20.1 Å². The van der Waals surface area contributed by atoms with Gasteiger partial charge in [-0.3, -0.25) is 14.4 Å². The number of hydrazone groups is 1. The molecular weight excluding hydrogens is 468 g/mol. The third-order valence-corrected chi connectivity index (χ3v) is 4.76. The second-order valence-electron chi connectivity index (χ2n) is 6.32. The molecule has 0 saturated carbocycles. The number of carbonyl (C=O) groups excluding carboxylic acids is 3. The molecule has 164 valence electrons. The molecule has 0 aliphatic carbocycles. The first-order chi connectivity index (χ1) is 14.9. The molecule has 0 atom stereocenters. The van der Waals surface area contributed by atoms with Crippen molar-refractivity contribution in [3.8, 4) is 5.75 Å². The summed E-state index contributed by atoms with van der Waals surface area (Å²) in [5, 5.41) is 8.88. The number of anilines is 1. The molecule has 2 aromatic rings. The molecule has 0 bridgehead atoms. The zero-order valence-corrected chi connectivity index (χ0v) is 18.7. The molecule has 0 unspecified atom stereocenters. The Balaban J connectivity index is 1.76. The highest BCUT2D eigenvalue weighted by Crippen LogP contribution is 2.20. The fourth-order valence-electron chi connectivity index (χ4n) is 2.28. The summed E-state index contributed by atoms with van der Waals surface area (Å²) in [7, 11) is 1.49. The molecule has 0 saturated heterocycles. The van der Waals surface area contributed by atoms with Crippen molar-refractivity contribution in [3.05, 3.63) is 58.1 Å². The minimum Gasteiger partial charge on any atom is -0.484 e. The summed E-state index contributed by atoms with van der Waals surface area (Å²) in [4.78, 5) is 35.1. The van der Waals surface area contributed by atoms with E-state index in [4.69, 9.17) is 9.47 Å². The number of rotatable bonds is 9. The summed E-state index contributed by atoms with van der Waals surface area (Å²) in [5.74, 6) is -1.45. The van der Waals surface area contributed by atoms with Gasteiger partial charge in [0, 0.05) is 23.8 Å². The number of nitrogens with one attached hydrogen (secondary N) is 3. The number of halogens is 1. The van der Waals surface area contributed by atoms with E-state index in [-0.39, 0.29) is 19.1 Å². The van der Waals surface area contributed by atoms with Crippen LogP contribution in [0.1, 0.15) is 11.1 Å². The Hall–Kier alpha value is -3.24. The van der Waals surface area contributed by atoms with Crippen LogP contribution in [-0.4, -0.2) is 50.8 Å². The Kier molecular flexibility index (Phi) is 9.66. The number of nitrogens with zero attached hydrogens (tertiary/aromatic N) is 1. The van der Waals surface area contributed by atoms with Crippen LogP contribution in [0.4, 0.5) is 5.69 Å². The minimum atomic E-state index is -0.876. The zero-order valence-electron chi connectivity index (χ0n) is 17.1. The number of carbonyl (C=O) groups is 3. The Morgan fingerprint density at radius 1 is 1.10 bits per heavy atom. The Bertz CT molecular complexity index is 947. The molecule has 0 aliphatic rings. The molecule has 3 amide bonds. The van der Waals surface area contributed by atoms with Crippen LogP contribution < -0.4 is 20.8 Å². The van der Waals surface area contributed by atoms with Gasteiger partial charge in [-0.15, -0.1) is 0 Å². The van der Waals surface area contributed by atoms with Crippen molar-refractivity contribution in [3.63, 3.8) is 0 Å². The Morgan fingerprint density at radius 3 is 2.52 bits per heavy atom. The van der Waals surface area contributed by atoms with Gasteiger partial charge in [0.2, 0.25) is 0 Å². The van der Waals surface area contributed by atoms with Crippen molar-refractivity contribution in [1.82, 2.24) is 10.7 Å². The van der Waals surface area contributed by atoms with Crippen LogP contribution in [0, 0.1) is 6.92 Å². The lowest BCUT2D eigenvalue weighted by Crippen LogP contribution is -2.39. The molecule has 31 heavy (non-hydrogen) atoms. The first-order valence-corrected chi connectivity index (χ1v) is 10.1. The Morgan fingerprint density at radius 2 is 1.84 bits per heavy atom. The first kappa shape index (κ1) is 24.0. The Labute approximate surface area is 188 Å². The smallest absolute Gasteiger partial charge is 0.329 e. The average Bonchev–Trinajstić information content (AvgIpc) is 2.75. The molecule has 9 nitrogen and oxygen atoms in total. The predicted molar refractivity (Wildman–Crippen MR) is 120 cm³/mol. The maximum absolute atomic E-state index is 12.0. The highest BCUT2D eigenvalue weighted by molar-refractivity contribution is 9.10. The van der Waals surface area contributed by atoms with E-state index in [1.165, 1.54) is 13.3 Å². The van der Waals surface area contributed by atoms with Crippen LogP contribution in [0.3, 0.4) is 0 Å².